The molecule has 0 bridgehead atoms. The van der Waals surface area contributed by atoms with E-state index in [-0.39, 0.29) is 26.4 Å². The highest BCUT2D eigenvalue weighted by Gasteiger charge is 2.30. The Bertz CT molecular complexity index is 1250. The Morgan fingerprint density at radius 3 is 2.34 bits per heavy atom. The number of anilines is 2. The maximum atomic E-state index is 13.7. The second kappa shape index (κ2) is 10.3. The molecule has 3 aromatic rings. The fourth-order valence-corrected chi connectivity index (χ4v) is 5.23. The van der Waals surface area contributed by atoms with Crippen molar-refractivity contribution >= 4 is 73.1 Å². The minimum Gasteiger partial charge on any atom is -0.495 e. The fourth-order valence-electron chi connectivity index (χ4n) is 2.92. The summed E-state index contributed by atoms with van der Waals surface area (Å²) in [7, 11) is -2.81. The summed E-state index contributed by atoms with van der Waals surface area (Å²) in [5.74, 6) is -0.355. The van der Waals surface area contributed by atoms with Gasteiger partial charge in [-0.2, -0.15) is 0 Å². The molecule has 3 aromatic carbocycles. The van der Waals surface area contributed by atoms with Gasteiger partial charge < -0.3 is 10.1 Å². The van der Waals surface area contributed by atoms with Crippen molar-refractivity contribution in [3.63, 3.8) is 0 Å². The normalized spacial score (nSPS) is 11.2. The van der Waals surface area contributed by atoms with Crippen molar-refractivity contribution in [2.45, 2.75) is 11.8 Å². The number of carbonyl (C=O) groups excluding carboxylic acids is 1. The first-order valence-electron chi connectivity index (χ1n) is 9.29. The lowest BCUT2D eigenvalue weighted by molar-refractivity contribution is -0.114. The van der Waals surface area contributed by atoms with Crippen molar-refractivity contribution in [1.29, 1.82) is 0 Å². The number of ether oxygens (including phenoxy) is 1. The maximum Gasteiger partial charge on any atom is 0.268 e. The molecule has 0 heterocycles. The number of amides is 1. The predicted molar refractivity (Wildman–Crippen MR) is 137 cm³/mol. The SMILES string of the molecule is COc1ccc(C)cc1S(=O)(=O)N(CC(=O)Nc1ccc(I)cc1)c1ccc(Cl)c(Cl)c1. The van der Waals surface area contributed by atoms with E-state index in [1.54, 1.807) is 31.2 Å². The Morgan fingerprint density at radius 2 is 1.72 bits per heavy atom. The number of rotatable bonds is 7. The van der Waals surface area contributed by atoms with Crippen molar-refractivity contribution in [1.82, 2.24) is 0 Å². The summed E-state index contributed by atoms with van der Waals surface area (Å²) >= 11 is 14.3. The zero-order valence-corrected chi connectivity index (χ0v) is 21.6. The summed E-state index contributed by atoms with van der Waals surface area (Å²) in [6.45, 7) is 1.29. The lowest BCUT2D eigenvalue weighted by Gasteiger charge is -2.25. The highest BCUT2D eigenvalue weighted by Crippen LogP contribution is 2.33. The van der Waals surface area contributed by atoms with E-state index in [1.807, 2.05) is 12.1 Å². The Balaban J connectivity index is 2.04. The van der Waals surface area contributed by atoms with Crippen LogP contribution in [0, 0.1) is 10.5 Å². The molecular weight excluding hydrogens is 586 g/mol. The first-order chi connectivity index (χ1) is 15.1. The fraction of sp³-hybridized carbons (Fsp3) is 0.136. The number of nitrogens with one attached hydrogen (secondary N) is 1. The summed E-state index contributed by atoms with van der Waals surface area (Å²) in [6, 6.07) is 16.3. The quantitative estimate of drug-likeness (QED) is 0.349. The maximum absolute atomic E-state index is 13.7. The number of hydrogen-bond acceptors (Lipinski definition) is 4. The van der Waals surface area contributed by atoms with Crippen LogP contribution >= 0.6 is 45.8 Å². The van der Waals surface area contributed by atoms with Crippen molar-refractivity contribution in [2.75, 3.05) is 23.3 Å². The van der Waals surface area contributed by atoms with Gasteiger partial charge in [-0.05, 0) is 89.7 Å². The average Bonchev–Trinajstić information content (AvgIpc) is 2.75. The van der Waals surface area contributed by atoms with Gasteiger partial charge >= 0.3 is 0 Å². The van der Waals surface area contributed by atoms with E-state index in [1.165, 1.54) is 31.4 Å². The van der Waals surface area contributed by atoms with E-state index in [2.05, 4.69) is 27.9 Å². The van der Waals surface area contributed by atoms with Gasteiger partial charge in [-0.15, -0.1) is 0 Å². The molecule has 1 N–H and O–H groups in total. The Hall–Kier alpha value is -2.01. The molecule has 0 aliphatic rings. The van der Waals surface area contributed by atoms with Crippen LogP contribution in [0.5, 0.6) is 5.75 Å². The predicted octanol–water partition coefficient (Wildman–Crippen LogP) is 5.75. The van der Waals surface area contributed by atoms with E-state index < -0.39 is 22.5 Å². The monoisotopic (exact) mass is 604 g/mol. The third kappa shape index (κ3) is 5.67. The molecule has 10 heteroatoms. The van der Waals surface area contributed by atoms with Crippen molar-refractivity contribution in [2.24, 2.45) is 0 Å². The number of methoxy groups -OCH3 is 1. The molecule has 0 aliphatic heterocycles. The van der Waals surface area contributed by atoms with Crippen LogP contribution in [0.2, 0.25) is 10.0 Å². The topological polar surface area (TPSA) is 75.7 Å². The summed E-state index contributed by atoms with van der Waals surface area (Å²) in [6.07, 6.45) is 0. The molecule has 0 spiro atoms. The van der Waals surface area contributed by atoms with Gasteiger partial charge in [0.1, 0.15) is 17.2 Å². The smallest absolute Gasteiger partial charge is 0.268 e. The summed E-state index contributed by atoms with van der Waals surface area (Å²) in [5.41, 5.74) is 1.47. The first-order valence-corrected chi connectivity index (χ1v) is 12.6. The molecule has 0 fully saturated rings. The molecule has 0 saturated carbocycles. The van der Waals surface area contributed by atoms with E-state index >= 15 is 0 Å². The Kier molecular flexibility index (Phi) is 7.92. The third-order valence-corrected chi connectivity index (χ3v) is 7.75. The lowest BCUT2D eigenvalue weighted by Crippen LogP contribution is -2.38. The molecule has 1 amide bonds. The van der Waals surface area contributed by atoms with Crippen LogP contribution in [0.15, 0.2) is 65.6 Å². The van der Waals surface area contributed by atoms with Crippen LogP contribution in [-0.2, 0) is 14.8 Å². The number of sulfonamides is 1. The van der Waals surface area contributed by atoms with E-state index in [9.17, 15) is 13.2 Å². The average molecular weight is 605 g/mol. The van der Waals surface area contributed by atoms with Crippen LogP contribution in [-0.4, -0.2) is 28.0 Å². The Labute approximate surface area is 210 Å². The van der Waals surface area contributed by atoms with E-state index in [0.29, 0.717) is 5.69 Å². The van der Waals surface area contributed by atoms with Gasteiger partial charge in [0, 0.05) is 9.26 Å². The van der Waals surface area contributed by atoms with Crippen LogP contribution in [0.3, 0.4) is 0 Å². The molecule has 0 radical (unpaired) electrons. The number of aryl methyl sites for hydroxylation is 1. The summed E-state index contributed by atoms with van der Waals surface area (Å²) < 4.78 is 34.6. The number of halogens is 3. The molecule has 3 rings (SSSR count). The highest BCUT2D eigenvalue weighted by molar-refractivity contribution is 14.1. The van der Waals surface area contributed by atoms with E-state index in [4.69, 9.17) is 27.9 Å². The molecule has 6 nitrogen and oxygen atoms in total. The van der Waals surface area contributed by atoms with E-state index in [0.717, 1.165) is 13.4 Å². The highest BCUT2D eigenvalue weighted by atomic mass is 127. The van der Waals surface area contributed by atoms with Gasteiger partial charge in [-0.3, -0.25) is 9.10 Å². The number of hydrogen-bond donors (Lipinski definition) is 1. The molecule has 0 aliphatic carbocycles. The summed E-state index contributed by atoms with van der Waals surface area (Å²) in [4.78, 5) is 12.8. The third-order valence-electron chi connectivity index (χ3n) is 4.49. The number of benzene rings is 3. The number of carbonyl (C=O) groups is 1. The van der Waals surface area contributed by atoms with Crippen LogP contribution in [0.4, 0.5) is 11.4 Å². The van der Waals surface area contributed by atoms with Gasteiger partial charge in [-0.1, -0.05) is 29.3 Å². The van der Waals surface area contributed by atoms with Gasteiger partial charge in [0.05, 0.1) is 22.8 Å². The van der Waals surface area contributed by atoms with Crippen LogP contribution in [0.25, 0.3) is 0 Å². The summed E-state index contributed by atoms with van der Waals surface area (Å²) in [5, 5.41) is 3.15. The minimum atomic E-state index is -4.20. The van der Waals surface area contributed by atoms with Gasteiger partial charge in [0.15, 0.2) is 0 Å². The van der Waals surface area contributed by atoms with Crippen molar-refractivity contribution < 1.29 is 17.9 Å². The molecule has 0 atom stereocenters. The standard InChI is InChI=1S/C22H19Cl2IN2O4S/c1-14-3-10-20(31-2)21(11-14)32(29,30)27(17-8-9-18(23)19(24)12-17)13-22(28)26-16-6-4-15(25)5-7-16/h3-12H,13H2,1-2H3,(H,26,28). The Morgan fingerprint density at radius 1 is 1.03 bits per heavy atom. The largest absolute Gasteiger partial charge is 0.495 e. The van der Waals surface area contributed by atoms with Gasteiger partial charge in [-0.25, -0.2) is 8.42 Å². The molecular formula is C22H19Cl2IN2O4S. The molecule has 0 aromatic heterocycles. The van der Waals surface area contributed by atoms with Crippen LogP contribution in [0.1, 0.15) is 5.56 Å². The second-order valence-corrected chi connectivity index (χ2v) is 10.7. The molecule has 0 unspecified atom stereocenters. The van der Waals surface area contributed by atoms with Crippen molar-refractivity contribution in [3.8, 4) is 5.75 Å². The molecule has 32 heavy (non-hydrogen) atoms. The number of nitrogens with zero attached hydrogens (tertiary/aromatic N) is 1. The molecule has 168 valence electrons. The van der Waals surface area contributed by atoms with Gasteiger partial charge in [0.25, 0.3) is 10.0 Å². The zero-order chi connectivity index (χ0) is 23.5. The van der Waals surface area contributed by atoms with Crippen molar-refractivity contribution in [3.05, 3.63) is 79.8 Å². The molecule has 0 saturated heterocycles. The van der Waals surface area contributed by atoms with Gasteiger partial charge in [0.2, 0.25) is 5.91 Å². The second-order valence-electron chi connectivity index (χ2n) is 6.82. The van der Waals surface area contributed by atoms with Crippen LogP contribution < -0.4 is 14.4 Å². The zero-order valence-electron chi connectivity index (χ0n) is 17.1. The first kappa shape index (κ1) is 24.6. The lowest BCUT2D eigenvalue weighted by atomic mass is 10.2. The minimum absolute atomic E-state index is 0.0619.